The van der Waals surface area contributed by atoms with Crippen LogP contribution >= 0.6 is 23.8 Å². The van der Waals surface area contributed by atoms with Crippen LogP contribution in [0, 0.1) is 16.5 Å². The van der Waals surface area contributed by atoms with Gasteiger partial charge < -0.3 is 9.55 Å². The lowest BCUT2D eigenvalue weighted by Gasteiger charge is -2.21. The molecule has 0 unspecified atom stereocenters. The molecule has 0 spiro atoms. The van der Waals surface area contributed by atoms with Gasteiger partial charge in [-0.3, -0.25) is 0 Å². The molecule has 1 aromatic carbocycles. The summed E-state index contributed by atoms with van der Waals surface area (Å²) < 4.78 is 16.3. The maximum atomic E-state index is 13.6. The third kappa shape index (κ3) is 2.77. The molecule has 2 aromatic rings. The lowest BCUT2D eigenvalue weighted by molar-refractivity contribution is 0.325. The highest BCUT2D eigenvalue weighted by Crippen LogP contribution is 2.28. The smallest absolute Gasteiger partial charge is 0.178 e. The average Bonchev–Trinajstić information content (AvgIpc) is 2.73. The largest absolute Gasteiger partial charge is 0.331 e. The summed E-state index contributed by atoms with van der Waals surface area (Å²) in [5.41, 5.74) is 1.62. The van der Waals surface area contributed by atoms with Gasteiger partial charge in [0, 0.05) is 12.6 Å². The molecule has 0 bridgehead atoms. The highest BCUT2D eigenvalue weighted by Gasteiger charge is 2.15. The summed E-state index contributed by atoms with van der Waals surface area (Å²) in [5, 5.41) is 0.133. The molecule has 1 aliphatic carbocycles. The van der Waals surface area contributed by atoms with Crippen LogP contribution in [0.5, 0.6) is 0 Å². The Labute approximate surface area is 127 Å². The first kappa shape index (κ1) is 14.1. The molecule has 108 valence electrons. The molecule has 1 N–H and O–H groups in total. The lowest BCUT2D eigenvalue weighted by atomic mass is 9.87. The molecule has 3 rings (SSSR count). The SMILES string of the molecule is Fc1cc2c(cc1Cl)[nH]c(=S)n2CCC1CCCCC1. The molecular formula is C15H18ClFN2S. The number of H-pyrrole nitrogens is 1. The van der Waals surface area contributed by atoms with E-state index >= 15 is 0 Å². The van der Waals surface area contributed by atoms with Crippen molar-refractivity contribution in [2.45, 2.75) is 45.1 Å². The third-order valence-corrected chi connectivity index (χ3v) is 4.91. The van der Waals surface area contributed by atoms with Gasteiger partial charge in [0.25, 0.3) is 0 Å². The second kappa shape index (κ2) is 5.86. The van der Waals surface area contributed by atoms with Gasteiger partial charge in [-0.25, -0.2) is 4.39 Å². The van der Waals surface area contributed by atoms with E-state index in [4.69, 9.17) is 23.8 Å². The van der Waals surface area contributed by atoms with Gasteiger partial charge in [0.2, 0.25) is 0 Å². The molecule has 1 heterocycles. The summed E-state index contributed by atoms with van der Waals surface area (Å²) in [7, 11) is 0. The molecule has 0 atom stereocenters. The molecule has 1 aliphatic rings. The van der Waals surface area contributed by atoms with E-state index in [9.17, 15) is 4.39 Å². The van der Waals surface area contributed by atoms with E-state index in [1.807, 2.05) is 4.57 Å². The highest BCUT2D eigenvalue weighted by atomic mass is 35.5. The number of halogens is 2. The Balaban J connectivity index is 1.85. The number of aromatic nitrogens is 2. The Morgan fingerprint density at radius 3 is 2.80 bits per heavy atom. The minimum absolute atomic E-state index is 0.133. The number of fused-ring (bicyclic) bond motifs is 1. The molecule has 20 heavy (non-hydrogen) atoms. The molecule has 1 fully saturated rings. The Kier molecular flexibility index (Phi) is 4.13. The summed E-state index contributed by atoms with van der Waals surface area (Å²) in [5.74, 6) is 0.396. The van der Waals surface area contributed by atoms with Crippen LogP contribution in [0.2, 0.25) is 5.02 Å². The van der Waals surface area contributed by atoms with Gasteiger partial charge in [0.1, 0.15) is 5.82 Å². The maximum Gasteiger partial charge on any atom is 0.178 e. The number of hydrogen-bond acceptors (Lipinski definition) is 1. The number of aromatic amines is 1. The molecule has 1 aromatic heterocycles. The van der Waals surface area contributed by atoms with Crippen LogP contribution in [0.1, 0.15) is 38.5 Å². The summed E-state index contributed by atoms with van der Waals surface area (Å²) in [4.78, 5) is 3.11. The van der Waals surface area contributed by atoms with E-state index in [0.717, 1.165) is 29.9 Å². The van der Waals surface area contributed by atoms with Crippen LogP contribution in [-0.2, 0) is 6.54 Å². The van der Waals surface area contributed by atoms with Gasteiger partial charge in [0.05, 0.1) is 16.1 Å². The fraction of sp³-hybridized carbons (Fsp3) is 0.533. The molecular weight excluding hydrogens is 295 g/mol. The Morgan fingerprint density at radius 2 is 2.05 bits per heavy atom. The number of rotatable bonds is 3. The minimum Gasteiger partial charge on any atom is -0.331 e. The summed E-state index contributed by atoms with van der Waals surface area (Å²) in [6.45, 7) is 0.852. The average molecular weight is 313 g/mol. The highest BCUT2D eigenvalue weighted by molar-refractivity contribution is 7.71. The summed E-state index contributed by atoms with van der Waals surface area (Å²) >= 11 is 11.2. The molecule has 0 radical (unpaired) electrons. The monoisotopic (exact) mass is 312 g/mol. The number of imidazole rings is 1. The van der Waals surface area contributed by atoms with E-state index in [1.54, 1.807) is 6.07 Å². The number of benzene rings is 1. The molecule has 2 nitrogen and oxygen atoms in total. The van der Waals surface area contributed by atoms with Gasteiger partial charge in [-0.2, -0.15) is 0 Å². The van der Waals surface area contributed by atoms with Crippen molar-refractivity contribution in [3.63, 3.8) is 0 Å². The predicted molar refractivity (Wildman–Crippen MR) is 83.3 cm³/mol. The Bertz CT molecular complexity index is 670. The van der Waals surface area contributed by atoms with E-state index in [2.05, 4.69) is 4.98 Å². The number of nitrogens with one attached hydrogen (secondary N) is 1. The van der Waals surface area contributed by atoms with Crippen molar-refractivity contribution in [2.75, 3.05) is 0 Å². The zero-order valence-electron chi connectivity index (χ0n) is 11.3. The van der Waals surface area contributed by atoms with Crippen molar-refractivity contribution in [2.24, 2.45) is 5.92 Å². The standard InChI is InChI=1S/C15H18ClFN2S/c16-11-8-13-14(9-12(11)17)19(15(20)18-13)7-6-10-4-2-1-3-5-10/h8-10H,1-7H2,(H,18,20). The Morgan fingerprint density at radius 1 is 1.30 bits per heavy atom. The van der Waals surface area contributed by atoms with Gasteiger partial charge in [-0.05, 0) is 30.6 Å². The fourth-order valence-electron chi connectivity index (χ4n) is 3.16. The fourth-order valence-corrected chi connectivity index (χ4v) is 3.62. The van der Waals surface area contributed by atoms with E-state index in [-0.39, 0.29) is 10.8 Å². The quantitative estimate of drug-likeness (QED) is 0.746. The van der Waals surface area contributed by atoms with Crippen LogP contribution in [0.25, 0.3) is 11.0 Å². The predicted octanol–water partition coefficient (Wildman–Crippen LogP) is 5.46. The topological polar surface area (TPSA) is 20.7 Å². The first-order chi connectivity index (χ1) is 9.65. The van der Waals surface area contributed by atoms with Crippen molar-refractivity contribution in [3.05, 3.63) is 27.7 Å². The van der Waals surface area contributed by atoms with Crippen LogP contribution in [-0.4, -0.2) is 9.55 Å². The van der Waals surface area contributed by atoms with E-state index in [0.29, 0.717) is 4.77 Å². The van der Waals surface area contributed by atoms with E-state index in [1.165, 1.54) is 38.2 Å². The van der Waals surface area contributed by atoms with Crippen molar-refractivity contribution in [1.29, 1.82) is 0 Å². The molecule has 0 saturated heterocycles. The summed E-state index contributed by atoms with van der Waals surface area (Å²) in [6, 6.07) is 3.09. The van der Waals surface area contributed by atoms with Gasteiger partial charge in [0.15, 0.2) is 4.77 Å². The number of aryl methyl sites for hydroxylation is 1. The normalized spacial score (nSPS) is 16.9. The minimum atomic E-state index is -0.389. The van der Waals surface area contributed by atoms with Crippen molar-refractivity contribution in [3.8, 4) is 0 Å². The maximum absolute atomic E-state index is 13.6. The first-order valence-electron chi connectivity index (χ1n) is 7.22. The van der Waals surface area contributed by atoms with E-state index < -0.39 is 0 Å². The summed E-state index contributed by atoms with van der Waals surface area (Å²) in [6.07, 6.45) is 7.80. The van der Waals surface area contributed by atoms with Gasteiger partial charge in [-0.1, -0.05) is 43.7 Å². The third-order valence-electron chi connectivity index (χ3n) is 4.30. The van der Waals surface area contributed by atoms with Crippen molar-refractivity contribution >= 4 is 34.9 Å². The Hall–Kier alpha value is -0.870. The molecule has 5 heteroatoms. The lowest BCUT2D eigenvalue weighted by Crippen LogP contribution is -2.10. The van der Waals surface area contributed by atoms with Crippen molar-refractivity contribution in [1.82, 2.24) is 9.55 Å². The second-order valence-corrected chi connectivity index (χ2v) is 6.45. The van der Waals surface area contributed by atoms with Crippen LogP contribution in [0.4, 0.5) is 4.39 Å². The van der Waals surface area contributed by atoms with Crippen LogP contribution in [0.3, 0.4) is 0 Å². The zero-order valence-corrected chi connectivity index (χ0v) is 12.9. The zero-order chi connectivity index (χ0) is 14.1. The van der Waals surface area contributed by atoms with Gasteiger partial charge >= 0.3 is 0 Å². The van der Waals surface area contributed by atoms with Crippen molar-refractivity contribution < 1.29 is 4.39 Å². The first-order valence-corrected chi connectivity index (χ1v) is 8.01. The second-order valence-electron chi connectivity index (χ2n) is 5.66. The number of nitrogens with zero attached hydrogens (tertiary/aromatic N) is 1. The van der Waals surface area contributed by atoms with Gasteiger partial charge in [-0.15, -0.1) is 0 Å². The molecule has 1 saturated carbocycles. The number of hydrogen-bond donors (Lipinski definition) is 1. The van der Waals surface area contributed by atoms with Crippen LogP contribution < -0.4 is 0 Å². The molecule has 0 amide bonds. The van der Waals surface area contributed by atoms with Crippen LogP contribution in [0.15, 0.2) is 12.1 Å². The molecule has 0 aliphatic heterocycles.